The van der Waals surface area contributed by atoms with Crippen molar-refractivity contribution in [1.29, 1.82) is 0 Å². The van der Waals surface area contributed by atoms with Gasteiger partial charge in [0.25, 0.3) is 5.91 Å². The first-order valence-electron chi connectivity index (χ1n) is 5.21. The number of carbonyl (C=O) groups is 1. The summed E-state index contributed by atoms with van der Waals surface area (Å²) in [4.78, 5) is 23.0. The van der Waals surface area contributed by atoms with E-state index in [0.717, 1.165) is 5.69 Å². The smallest absolute Gasteiger partial charge is 0.250 e. The van der Waals surface area contributed by atoms with Crippen LogP contribution < -0.4 is 16.8 Å². The van der Waals surface area contributed by atoms with Crippen LogP contribution >= 0.6 is 0 Å². The number of pyridine rings is 1. The standard InChI is InChI=1S/C11H12N6O/c12-9-5-16-10(3-8(9)11(13)18)15-4-7-1-2-14-6-17-7/h1-3,5-6H,4,12H2,(H2,13,18)(H,15,16). The minimum Gasteiger partial charge on any atom is -0.397 e. The third-order valence-corrected chi connectivity index (χ3v) is 2.29. The van der Waals surface area contributed by atoms with Crippen molar-refractivity contribution in [2.75, 3.05) is 11.1 Å². The molecule has 0 aliphatic carbocycles. The summed E-state index contributed by atoms with van der Waals surface area (Å²) in [5, 5.41) is 3.02. The summed E-state index contributed by atoms with van der Waals surface area (Å²) in [6.45, 7) is 0.470. The number of amides is 1. The lowest BCUT2D eigenvalue weighted by atomic mass is 10.2. The number of aromatic nitrogens is 3. The van der Waals surface area contributed by atoms with Gasteiger partial charge in [-0.2, -0.15) is 0 Å². The Balaban J connectivity index is 2.11. The number of nitrogens with zero attached hydrogens (tertiary/aromatic N) is 3. The summed E-state index contributed by atoms with van der Waals surface area (Å²) in [6, 6.07) is 3.29. The van der Waals surface area contributed by atoms with E-state index in [4.69, 9.17) is 11.5 Å². The second-order valence-corrected chi connectivity index (χ2v) is 3.58. The molecule has 2 aromatic rings. The van der Waals surface area contributed by atoms with Gasteiger partial charge in [0.15, 0.2) is 0 Å². The predicted molar refractivity (Wildman–Crippen MR) is 66.5 cm³/mol. The summed E-state index contributed by atoms with van der Waals surface area (Å²) >= 11 is 0. The normalized spacial score (nSPS) is 10.0. The van der Waals surface area contributed by atoms with E-state index in [0.29, 0.717) is 12.4 Å². The quantitative estimate of drug-likeness (QED) is 0.704. The number of nitrogens with one attached hydrogen (secondary N) is 1. The number of hydrogen-bond donors (Lipinski definition) is 3. The second kappa shape index (κ2) is 5.09. The van der Waals surface area contributed by atoms with E-state index in [1.54, 1.807) is 12.3 Å². The fourth-order valence-electron chi connectivity index (χ4n) is 1.38. The maximum atomic E-state index is 11.1. The summed E-state index contributed by atoms with van der Waals surface area (Å²) in [6.07, 6.45) is 4.50. The van der Waals surface area contributed by atoms with Crippen LogP contribution in [-0.4, -0.2) is 20.9 Å². The van der Waals surface area contributed by atoms with Crippen LogP contribution in [0.4, 0.5) is 11.5 Å². The molecule has 7 heteroatoms. The van der Waals surface area contributed by atoms with Gasteiger partial charge in [-0.3, -0.25) is 4.79 Å². The van der Waals surface area contributed by atoms with Crippen LogP contribution in [-0.2, 0) is 6.54 Å². The molecule has 2 rings (SSSR count). The Kier molecular flexibility index (Phi) is 3.33. The zero-order chi connectivity index (χ0) is 13.0. The number of nitrogen functional groups attached to an aromatic ring is 1. The van der Waals surface area contributed by atoms with Crippen LogP contribution in [0.25, 0.3) is 0 Å². The topological polar surface area (TPSA) is 120 Å². The summed E-state index contributed by atoms with van der Waals surface area (Å²) in [5.41, 5.74) is 12.1. The molecular formula is C11H12N6O. The van der Waals surface area contributed by atoms with Crippen molar-refractivity contribution in [2.45, 2.75) is 6.54 Å². The number of carbonyl (C=O) groups excluding carboxylic acids is 1. The average molecular weight is 244 g/mol. The van der Waals surface area contributed by atoms with Crippen molar-refractivity contribution in [3.05, 3.63) is 42.1 Å². The molecule has 0 fully saturated rings. The first-order chi connectivity index (χ1) is 8.66. The van der Waals surface area contributed by atoms with E-state index in [2.05, 4.69) is 20.3 Å². The molecule has 5 N–H and O–H groups in total. The first kappa shape index (κ1) is 11.8. The largest absolute Gasteiger partial charge is 0.397 e. The molecule has 7 nitrogen and oxygen atoms in total. The van der Waals surface area contributed by atoms with Gasteiger partial charge in [-0.05, 0) is 12.1 Å². The first-order valence-corrected chi connectivity index (χ1v) is 5.21. The van der Waals surface area contributed by atoms with E-state index < -0.39 is 5.91 Å². The van der Waals surface area contributed by atoms with Crippen LogP contribution in [0.3, 0.4) is 0 Å². The Hall–Kier alpha value is -2.70. The molecule has 0 atom stereocenters. The molecule has 0 spiro atoms. The summed E-state index contributed by atoms with van der Waals surface area (Å²) in [5.74, 6) is -0.0726. The third kappa shape index (κ3) is 2.70. The monoisotopic (exact) mass is 244 g/mol. The van der Waals surface area contributed by atoms with Crippen molar-refractivity contribution >= 4 is 17.4 Å². The highest BCUT2D eigenvalue weighted by molar-refractivity contribution is 5.98. The van der Waals surface area contributed by atoms with Crippen LogP contribution in [0.1, 0.15) is 16.1 Å². The van der Waals surface area contributed by atoms with Crippen molar-refractivity contribution in [2.24, 2.45) is 5.73 Å². The van der Waals surface area contributed by atoms with Gasteiger partial charge in [0.05, 0.1) is 29.7 Å². The Morgan fingerprint density at radius 3 is 2.89 bits per heavy atom. The zero-order valence-electron chi connectivity index (χ0n) is 9.50. The molecule has 0 radical (unpaired) electrons. The third-order valence-electron chi connectivity index (χ3n) is 2.29. The molecule has 0 aromatic carbocycles. The second-order valence-electron chi connectivity index (χ2n) is 3.58. The fourth-order valence-corrected chi connectivity index (χ4v) is 1.38. The van der Waals surface area contributed by atoms with Gasteiger partial charge < -0.3 is 16.8 Å². The van der Waals surface area contributed by atoms with Crippen molar-refractivity contribution in [1.82, 2.24) is 15.0 Å². The highest BCUT2D eigenvalue weighted by Gasteiger charge is 2.07. The molecule has 18 heavy (non-hydrogen) atoms. The maximum absolute atomic E-state index is 11.1. The van der Waals surface area contributed by atoms with Gasteiger partial charge in [0, 0.05) is 6.20 Å². The van der Waals surface area contributed by atoms with Gasteiger partial charge >= 0.3 is 0 Å². The number of rotatable bonds is 4. The molecule has 0 saturated heterocycles. The highest BCUT2D eigenvalue weighted by atomic mass is 16.1. The van der Waals surface area contributed by atoms with Gasteiger partial charge in [-0.25, -0.2) is 15.0 Å². The summed E-state index contributed by atoms with van der Waals surface area (Å²) < 4.78 is 0. The lowest BCUT2D eigenvalue weighted by molar-refractivity contribution is 0.100. The van der Waals surface area contributed by atoms with Gasteiger partial charge in [-0.15, -0.1) is 0 Å². The molecule has 0 unspecified atom stereocenters. The van der Waals surface area contributed by atoms with E-state index in [1.165, 1.54) is 18.6 Å². The lowest BCUT2D eigenvalue weighted by Gasteiger charge is -2.07. The van der Waals surface area contributed by atoms with Crippen LogP contribution in [0.5, 0.6) is 0 Å². The van der Waals surface area contributed by atoms with E-state index in [9.17, 15) is 4.79 Å². The number of hydrogen-bond acceptors (Lipinski definition) is 6. The predicted octanol–water partition coefficient (Wildman–Crippen LogP) is 0.165. The van der Waals surface area contributed by atoms with Crippen molar-refractivity contribution in [3.63, 3.8) is 0 Å². The minimum absolute atomic E-state index is 0.246. The Labute approximate surface area is 103 Å². The molecule has 2 aromatic heterocycles. The minimum atomic E-state index is -0.583. The number of nitrogens with two attached hydrogens (primary N) is 2. The molecule has 1 amide bonds. The van der Waals surface area contributed by atoms with Gasteiger partial charge in [-0.1, -0.05) is 0 Å². The Morgan fingerprint density at radius 1 is 1.39 bits per heavy atom. The van der Waals surface area contributed by atoms with Crippen LogP contribution in [0, 0.1) is 0 Å². The molecule has 0 aliphatic rings. The SMILES string of the molecule is NC(=O)c1cc(NCc2ccncn2)ncc1N. The number of anilines is 2. The zero-order valence-corrected chi connectivity index (χ0v) is 9.50. The Morgan fingerprint density at radius 2 is 2.22 bits per heavy atom. The van der Waals surface area contributed by atoms with E-state index >= 15 is 0 Å². The molecule has 92 valence electrons. The van der Waals surface area contributed by atoms with E-state index in [1.807, 2.05) is 0 Å². The van der Waals surface area contributed by atoms with Crippen LogP contribution in [0.2, 0.25) is 0 Å². The molecule has 0 saturated carbocycles. The van der Waals surface area contributed by atoms with Crippen molar-refractivity contribution < 1.29 is 4.79 Å². The molecular weight excluding hydrogens is 232 g/mol. The number of primary amides is 1. The average Bonchev–Trinajstić information content (AvgIpc) is 2.38. The van der Waals surface area contributed by atoms with Gasteiger partial charge in [0.2, 0.25) is 0 Å². The lowest BCUT2D eigenvalue weighted by Crippen LogP contribution is -2.14. The maximum Gasteiger partial charge on any atom is 0.250 e. The van der Waals surface area contributed by atoms with Crippen LogP contribution in [0.15, 0.2) is 30.9 Å². The van der Waals surface area contributed by atoms with Gasteiger partial charge in [0.1, 0.15) is 12.1 Å². The van der Waals surface area contributed by atoms with E-state index in [-0.39, 0.29) is 11.3 Å². The summed E-state index contributed by atoms with van der Waals surface area (Å²) in [7, 11) is 0. The van der Waals surface area contributed by atoms with Crippen molar-refractivity contribution in [3.8, 4) is 0 Å². The molecule has 2 heterocycles. The molecule has 0 bridgehead atoms. The highest BCUT2D eigenvalue weighted by Crippen LogP contribution is 2.14. The fraction of sp³-hybridized carbons (Fsp3) is 0.0909. The molecule has 0 aliphatic heterocycles. The Bertz CT molecular complexity index is 557.